The highest BCUT2D eigenvalue weighted by molar-refractivity contribution is 9.11. The Bertz CT molecular complexity index is 589. The Hall–Kier alpha value is -1.41. The summed E-state index contributed by atoms with van der Waals surface area (Å²) in [6.45, 7) is 0.733. The standard InChI is InChI=1S/C14H17BrN2O4S/c1-16(13(19)10-4-5-11(15)22-10)8-12(18)17-6-2-3-9(7-17)14(20)21/h4-5,9H,2-3,6-8H2,1H3,(H,20,21)/t9-/m0/s1. The number of carboxylic acids is 1. The fourth-order valence-corrected chi connectivity index (χ4v) is 3.78. The molecule has 0 saturated carbocycles. The summed E-state index contributed by atoms with van der Waals surface area (Å²) >= 11 is 4.61. The molecule has 0 unspecified atom stereocenters. The van der Waals surface area contributed by atoms with Crippen molar-refractivity contribution in [3.8, 4) is 0 Å². The van der Waals surface area contributed by atoms with Gasteiger partial charge in [-0.25, -0.2) is 0 Å². The maximum atomic E-state index is 12.3. The van der Waals surface area contributed by atoms with Crippen molar-refractivity contribution in [2.75, 3.05) is 26.7 Å². The number of carbonyl (C=O) groups is 3. The maximum Gasteiger partial charge on any atom is 0.308 e. The highest BCUT2D eigenvalue weighted by Crippen LogP contribution is 2.23. The van der Waals surface area contributed by atoms with E-state index in [0.717, 1.165) is 3.79 Å². The molecule has 1 aliphatic rings. The number of carboxylic acid groups (broad SMARTS) is 1. The second kappa shape index (κ2) is 7.23. The van der Waals surface area contributed by atoms with Gasteiger partial charge in [0.25, 0.3) is 5.91 Å². The summed E-state index contributed by atoms with van der Waals surface area (Å²) < 4.78 is 0.857. The van der Waals surface area contributed by atoms with Gasteiger partial charge < -0.3 is 14.9 Å². The zero-order chi connectivity index (χ0) is 16.3. The molecule has 0 aromatic carbocycles. The van der Waals surface area contributed by atoms with Crippen LogP contribution in [-0.4, -0.2) is 59.4 Å². The zero-order valence-electron chi connectivity index (χ0n) is 12.1. The van der Waals surface area contributed by atoms with Gasteiger partial charge in [-0.3, -0.25) is 14.4 Å². The fourth-order valence-electron chi connectivity index (χ4n) is 2.40. The number of hydrogen-bond donors (Lipinski definition) is 1. The number of aliphatic carboxylic acids is 1. The van der Waals surface area contributed by atoms with Crippen molar-refractivity contribution in [3.63, 3.8) is 0 Å². The van der Waals surface area contributed by atoms with Gasteiger partial charge in [-0.2, -0.15) is 0 Å². The fraction of sp³-hybridized carbons (Fsp3) is 0.500. The van der Waals surface area contributed by atoms with Crippen molar-refractivity contribution >= 4 is 45.1 Å². The average Bonchev–Trinajstić information content (AvgIpc) is 2.93. The number of halogens is 1. The van der Waals surface area contributed by atoms with Gasteiger partial charge in [-0.1, -0.05) is 0 Å². The molecule has 1 fully saturated rings. The van der Waals surface area contributed by atoms with Crippen molar-refractivity contribution in [3.05, 3.63) is 20.8 Å². The number of amides is 2. The van der Waals surface area contributed by atoms with Crippen molar-refractivity contribution in [1.29, 1.82) is 0 Å². The Balaban J connectivity index is 1.93. The third-order valence-corrected chi connectivity index (χ3v) is 5.24. The molecule has 1 aliphatic heterocycles. The normalized spacial score (nSPS) is 18.1. The first-order valence-corrected chi connectivity index (χ1v) is 8.51. The second-order valence-corrected chi connectivity index (χ2v) is 7.75. The minimum atomic E-state index is -0.870. The van der Waals surface area contributed by atoms with Crippen molar-refractivity contribution in [1.82, 2.24) is 9.80 Å². The predicted molar refractivity (Wildman–Crippen MR) is 85.9 cm³/mol. The van der Waals surface area contributed by atoms with Gasteiger partial charge in [-0.15, -0.1) is 11.3 Å². The second-order valence-electron chi connectivity index (χ2n) is 5.28. The van der Waals surface area contributed by atoms with E-state index in [2.05, 4.69) is 15.9 Å². The molecule has 8 heteroatoms. The minimum Gasteiger partial charge on any atom is -0.481 e. The molecule has 2 amide bonds. The number of nitrogens with zero attached hydrogens (tertiary/aromatic N) is 2. The van der Waals surface area contributed by atoms with E-state index in [4.69, 9.17) is 5.11 Å². The van der Waals surface area contributed by atoms with E-state index < -0.39 is 11.9 Å². The molecule has 6 nitrogen and oxygen atoms in total. The molecule has 120 valence electrons. The lowest BCUT2D eigenvalue weighted by atomic mass is 9.98. The van der Waals surface area contributed by atoms with E-state index in [-0.39, 0.29) is 24.9 Å². The predicted octanol–water partition coefficient (Wildman–Crippen LogP) is 1.91. The summed E-state index contributed by atoms with van der Waals surface area (Å²) in [7, 11) is 1.58. The Labute approximate surface area is 140 Å². The van der Waals surface area contributed by atoms with Gasteiger partial charge >= 0.3 is 5.97 Å². The smallest absolute Gasteiger partial charge is 0.308 e. The quantitative estimate of drug-likeness (QED) is 0.854. The Morgan fingerprint density at radius 3 is 2.77 bits per heavy atom. The molecule has 0 aliphatic carbocycles. The molecule has 1 saturated heterocycles. The summed E-state index contributed by atoms with van der Waals surface area (Å²) in [6, 6.07) is 3.50. The lowest BCUT2D eigenvalue weighted by Gasteiger charge is -2.31. The number of likely N-dealkylation sites (N-methyl/N-ethyl adjacent to an activating group) is 1. The van der Waals surface area contributed by atoms with Crippen LogP contribution in [0.1, 0.15) is 22.5 Å². The number of carbonyl (C=O) groups excluding carboxylic acids is 2. The van der Waals surface area contributed by atoms with Gasteiger partial charge in [-0.05, 0) is 40.9 Å². The van der Waals surface area contributed by atoms with Crippen LogP contribution >= 0.6 is 27.3 Å². The highest BCUT2D eigenvalue weighted by atomic mass is 79.9. The van der Waals surface area contributed by atoms with Crippen molar-refractivity contribution < 1.29 is 19.5 Å². The largest absolute Gasteiger partial charge is 0.481 e. The van der Waals surface area contributed by atoms with E-state index in [1.165, 1.54) is 21.1 Å². The summed E-state index contributed by atoms with van der Waals surface area (Å²) in [6.07, 6.45) is 1.27. The maximum absolute atomic E-state index is 12.3. The first-order chi connectivity index (χ1) is 10.4. The molecule has 0 spiro atoms. The molecule has 0 radical (unpaired) electrons. The van der Waals surface area contributed by atoms with Gasteiger partial charge in [0, 0.05) is 20.1 Å². The summed E-state index contributed by atoms with van der Waals surface area (Å²) in [5, 5.41) is 9.05. The third kappa shape index (κ3) is 4.07. The van der Waals surface area contributed by atoms with E-state index in [0.29, 0.717) is 24.3 Å². The van der Waals surface area contributed by atoms with Gasteiger partial charge in [0.05, 0.1) is 21.1 Å². The van der Waals surface area contributed by atoms with Crippen LogP contribution < -0.4 is 0 Å². The van der Waals surface area contributed by atoms with E-state index in [9.17, 15) is 14.4 Å². The molecular formula is C14H17BrN2O4S. The van der Waals surface area contributed by atoms with Gasteiger partial charge in [0.15, 0.2) is 0 Å². The zero-order valence-corrected chi connectivity index (χ0v) is 14.5. The van der Waals surface area contributed by atoms with E-state index >= 15 is 0 Å². The third-order valence-electron chi connectivity index (χ3n) is 3.63. The lowest BCUT2D eigenvalue weighted by molar-refractivity contribution is -0.145. The highest BCUT2D eigenvalue weighted by Gasteiger charge is 2.29. The minimum absolute atomic E-state index is 0.0410. The van der Waals surface area contributed by atoms with Gasteiger partial charge in [0.1, 0.15) is 0 Å². The molecule has 0 bridgehead atoms. The molecule has 1 atom stereocenters. The molecule has 2 rings (SSSR count). The Morgan fingerprint density at radius 2 is 2.18 bits per heavy atom. The topological polar surface area (TPSA) is 77.9 Å². The van der Waals surface area contributed by atoms with E-state index in [1.807, 2.05) is 0 Å². The lowest BCUT2D eigenvalue weighted by Crippen LogP contribution is -2.46. The van der Waals surface area contributed by atoms with Crippen LogP contribution in [0.15, 0.2) is 15.9 Å². The number of thiophene rings is 1. The molecule has 22 heavy (non-hydrogen) atoms. The van der Waals surface area contributed by atoms with Crippen LogP contribution in [0.2, 0.25) is 0 Å². The average molecular weight is 389 g/mol. The van der Waals surface area contributed by atoms with Crippen LogP contribution in [0.4, 0.5) is 0 Å². The molecule has 1 aromatic heterocycles. The Kier molecular flexibility index (Phi) is 5.57. The summed E-state index contributed by atoms with van der Waals surface area (Å²) in [4.78, 5) is 38.9. The number of hydrogen-bond acceptors (Lipinski definition) is 4. The van der Waals surface area contributed by atoms with Crippen LogP contribution in [0.5, 0.6) is 0 Å². The number of likely N-dealkylation sites (tertiary alicyclic amines) is 1. The van der Waals surface area contributed by atoms with Crippen LogP contribution in [0.3, 0.4) is 0 Å². The summed E-state index contributed by atoms with van der Waals surface area (Å²) in [5.41, 5.74) is 0. The molecular weight excluding hydrogens is 372 g/mol. The Morgan fingerprint density at radius 1 is 1.45 bits per heavy atom. The number of piperidine rings is 1. The van der Waals surface area contributed by atoms with Crippen LogP contribution in [-0.2, 0) is 9.59 Å². The first-order valence-electron chi connectivity index (χ1n) is 6.90. The monoisotopic (exact) mass is 388 g/mol. The van der Waals surface area contributed by atoms with Crippen LogP contribution in [0.25, 0.3) is 0 Å². The van der Waals surface area contributed by atoms with Crippen LogP contribution in [0, 0.1) is 5.92 Å². The van der Waals surface area contributed by atoms with Crippen molar-refractivity contribution in [2.45, 2.75) is 12.8 Å². The van der Waals surface area contributed by atoms with Crippen molar-refractivity contribution in [2.24, 2.45) is 5.92 Å². The summed E-state index contributed by atoms with van der Waals surface area (Å²) in [5.74, 6) is -1.80. The SMILES string of the molecule is CN(CC(=O)N1CCC[C@H](C(=O)O)C1)C(=O)c1ccc(Br)s1. The first kappa shape index (κ1) is 17.0. The van der Waals surface area contributed by atoms with E-state index in [1.54, 1.807) is 19.2 Å². The molecule has 2 heterocycles. The van der Waals surface area contributed by atoms with Gasteiger partial charge in [0.2, 0.25) is 5.91 Å². The molecule has 1 aromatic rings. The molecule has 1 N–H and O–H groups in total. The number of rotatable bonds is 4.